The largest absolute Gasteiger partial charge is 0.339 e. The third-order valence-electron chi connectivity index (χ3n) is 5.20. The van der Waals surface area contributed by atoms with Crippen molar-refractivity contribution < 1.29 is 13.2 Å². The summed E-state index contributed by atoms with van der Waals surface area (Å²) in [5, 5.41) is 0.0114. The minimum Gasteiger partial charge on any atom is -0.339 e. The van der Waals surface area contributed by atoms with Gasteiger partial charge < -0.3 is 9.47 Å². The smallest absolute Gasteiger partial charge is 0.263 e. The van der Waals surface area contributed by atoms with Crippen LogP contribution in [0.2, 0.25) is 5.15 Å². The molecule has 1 amide bonds. The van der Waals surface area contributed by atoms with Crippen LogP contribution < -0.4 is 0 Å². The molecule has 1 aromatic heterocycles. The first-order chi connectivity index (χ1) is 12.2. The summed E-state index contributed by atoms with van der Waals surface area (Å²) >= 11 is 6.06. The lowest BCUT2D eigenvalue weighted by atomic mass is 10.0. The Hall–Kier alpha value is -1.16. The maximum Gasteiger partial charge on any atom is 0.263 e. The minimum atomic E-state index is -3.72. The number of aromatic nitrogens is 2. The number of amides is 1. The Balaban J connectivity index is 1.67. The number of hydrogen-bond acceptors (Lipinski definition) is 5. The summed E-state index contributed by atoms with van der Waals surface area (Å²) in [6.45, 7) is 6.60. The molecule has 0 saturated carbocycles. The number of rotatable bonds is 4. The molecule has 0 unspecified atom stereocenters. The van der Waals surface area contributed by atoms with Gasteiger partial charge in [-0.05, 0) is 26.7 Å². The molecule has 146 valence electrons. The van der Waals surface area contributed by atoms with Crippen molar-refractivity contribution >= 4 is 27.5 Å². The van der Waals surface area contributed by atoms with E-state index in [-0.39, 0.29) is 28.2 Å². The van der Waals surface area contributed by atoms with Gasteiger partial charge in [-0.25, -0.2) is 13.4 Å². The molecule has 0 aliphatic carbocycles. The molecule has 1 atom stereocenters. The van der Waals surface area contributed by atoms with Crippen molar-refractivity contribution in [3.05, 3.63) is 11.5 Å². The van der Waals surface area contributed by atoms with Gasteiger partial charge in [0.05, 0.1) is 12.4 Å². The molecule has 2 aliphatic heterocycles. The average molecular weight is 404 g/mol. The van der Waals surface area contributed by atoms with Gasteiger partial charge in [-0.15, -0.1) is 0 Å². The van der Waals surface area contributed by atoms with Crippen LogP contribution in [0.3, 0.4) is 0 Å². The van der Waals surface area contributed by atoms with Crippen LogP contribution in [0.25, 0.3) is 0 Å². The van der Waals surface area contributed by atoms with Crippen LogP contribution in [0.4, 0.5) is 0 Å². The predicted molar refractivity (Wildman–Crippen MR) is 98.4 cm³/mol. The van der Waals surface area contributed by atoms with Crippen molar-refractivity contribution in [1.29, 1.82) is 0 Å². The van der Waals surface area contributed by atoms with Crippen molar-refractivity contribution in [2.45, 2.75) is 43.8 Å². The van der Waals surface area contributed by atoms with Crippen molar-refractivity contribution in [1.82, 2.24) is 23.7 Å². The number of carbonyl (C=O) groups is 1. The summed E-state index contributed by atoms with van der Waals surface area (Å²) in [7, 11) is -2.06. The van der Waals surface area contributed by atoms with Crippen molar-refractivity contribution in [2.24, 2.45) is 7.05 Å². The van der Waals surface area contributed by atoms with Crippen LogP contribution in [0.1, 0.15) is 26.7 Å². The summed E-state index contributed by atoms with van der Waals surface area (Å²) < 4.78 is 28.5. The standard InChI is InChI=1S/C16H26ClN5O3S/c1-12(2)22-6-4-5-13(16(22)23)20-7-9-21(10-8-20)26(24,25)15-14(17)19(3)11-18-15/h11-13H,4-10H2,1-3H3/t13-/m0/s1. The Morgan fingerprint density at radius 2 is 1.85 bits per heavy atom. The fraction of sp³-hybridized carbons (Fsp3) is 0.750. The number of halogens is 1. The van der Waals surface area contributed by atoms with Gasteiger partial charge in [0.2, 0.25) is 10.9 Å². The molecule has 2 fully saturated rings. The second-order valence-electron chi connectivity index (χ2n) is 7.17. The SMILES string of the molecule is CC(C)N1CCC[C@H](N2CCN(S(=O)(=O)c3ncn(C)c3Cl)CC2)C1=O. The lowest BCUT2D eigenvalue weighted by Gasteiger charge is -2.43. The van der Waals surface area contributed by atoms with Crippen LogP contribution in [-0.2, 0) is 21.9 Å². The Morgan fingerprint density at radius 3 is 2.38 bits per heavy atom. The molecule has 0 N–H and O–H groups in total. The van der Waals surface area contributed by atoms with Crippen LogP contribution >= 0.6 is 11.6 Å². The van der Waals surface area contributed by atoms with E-state index in [1.165, 1.54) is 15.2 Å². The van der Waals surface area contributed by atoms with Gasteiger partial charge in [-0.2, -0.15) is 4.31 Å². The Bertz CT molecular complexity index is 771. The van der Waals surface area contributed by atoms with E-state index in [0.717, 1.165) is 19.4 Å². The van der Waals surface area contributed by atoms with Crippen LogP contribution in [-0.4, -0.2) is 82.8 Å². The second kappa shape index (κ2) is 7.46. The zero-order valence-electron chi connectivity index (χ0n) is 15.4. The molecule has 0 radical (unpaired) electrons. The summed E-state index contributed by atoms with van der Waals surface area (Å²) in [6, 6.07) is 0.0488. The average Bonchev–Trinajstić information content (AvgIpc) is 2.95. The Labute approximate surface area is 159 Å². The molecule has 3 heterocycles. The molecule has 0 aromatic carbocycles. The summed E-state index contributed by atoms with van der Waals surface area (Å²) in [5.41, 5.74) is 0. The summed E-state index contributed by atoms with van der Waals surface area (Å²) in [5.74, 6) is 0.162. The number of piperidine rings is 1. The van der Waals surface area contributed by atoms with Crippen molar-refractivity contribution in [3.8, 4) is 0 Å². The topological polar surface area (TPSA) is 78.8 Å². The first-order valence-corrected chi connectivity index (χ1v) is 10.8. The van der Waals surface area contributed by atoms with Crippen molar-refractivity contribution in [2.75, 3.05) is 32.7 Å². The molecular formula is C16H26ClN5O3S. The summed E-state index contributed by atoms with van der Waals surface area (Å²) in [6.07, 6.45) is 3.21. The first kappa shape index (κ1) is 19.6. The number of carbonyl (C=O) groups excluding carboxylic acids is 1. The number of piperazine rings is 1. The number of nitrogens with zero attached hydrogens (tertiary/aromatic N) is 5. The fourth-order valence-corrected chi connectivity index (χ4v) is 5.49. The van der Waals surface area contributed by atoms with E-state index in [4.69, 9.17) is 11.6 Å². The second-order valence-corrected chi connectivity index (χ2v) is 9.39. The highest BCUT2D eigenvalue weighted by molar-refractivity contribution is 7.89. The van der Waals surface area contributed by atoms with E-state index < -0.39 is 10.0 Å². The lowest BCUT2D eigenvalue weighted by Crippen LogP contribution is -2.59. The Morgan fingerprint density at radius 1 is 1.19 bits per heavy atom. The molecule has 3 rings (SSSR count). The van der Waals surface area contributed by atoms with Crippen LogP contribution in [0.5, 0.6) is 0 Å². The summed E-state index contributed by atoms with van der Waals surface area (Å²) in [4.78, 5) is 20.7. The number of aryl methyl sites for hydroxylation is 1. The molecule has 0 bridgehead atoms. The van der Waals surface area contributed by atoms with Crippen molar-refractivity contribution in [3.63, 3.8) is 0 Å². The van der Waals surface area contributed by atoms with Gasteiger partial charge in [0.1, 0.15) is 5.15 Å². The predicted octanol–water partition coefficient (Wildman–Crippen LogP) is 0.779. The van der Waals surface area contributed by atoms with Gasteiger partial charge in [0.25, 0.3) is 10.0 Å². The highest BCUT2D eigenvalue weighted by atomic mass is 35.5. The van der Waals surface area contributed by atoms with E-state index in [1.54, 1.807) is 7.05 Å². The number of hydrogen-bond donors (Lipinski definition) is 0. The van der Waals surface area contributed by atoms with E-state index in [0.29, 0.717) is 26.2 Å². The van der Waals surface area contributed by atoms with E-state index in [1.807, 2.05) is 18.7 Å². The highest BCUT2D eigenvalue weighted by Crippen LogP contribution is 2.25. The van der Waals surface area contributed by atoms with Crippen LogP contribution in [0, 0.1) is 0 Å². The number of sulfonamides is 1. The van der Waals surface area contributed by atoms with E-state index >= 15 is 0 Å². The molecule has 2 saturated heterocycles. The fourth-order valence-electron chi connectivity index (χ4n) is 3.68. The van der Waals surface area contributed by atoms with Gasteiger partial charge in [0, 0.05) is 45.8 Å². The number of imidazole rings is 1. The Kier molecular flexibility index (Phi) is 5.62. The van der Waals surface area contributed by atoms with Gasteiger partial charge >= 0.3 is 0 Å². The zero-order valence-corrected chi connectivity index (χ0v) is 17.0. The first-order valence-electron chi connectivity index (χ1n) is 8.95. The quantitative estimate of drug-likeness (QED) is 0.742. The zero-order chi connectivity index (χ0) is 19.1. The molecule has 8 nitrogen and oxygen atoms in total. The monoisotopic (exact) mass is 403 g/mol. The van der Waals surface area contributed by atoms with E-state index in [2.05, 4.69) is 9.88 Å². The maximum atomic E-state index is 12.8. The highest BCUT2D eigenvalue weighted by Gasteiger charge is 2.38. The molecular weight excluding hydrogens is 378 g/mol. The molecule has 1 aromatic rings. The third-order valence-corrected chi connectivity index (χ3v) is 7.59. The minimum absolute atomic E-state index is 0.102. The molecule has 2 aliphatic rings. The molecule has 26 heavy (non-hydrogen) atoms. The number of likely N-dealkylation sites (tertiary alicyclic amines) is 1. The lowest BCUT2D eigenvalue weighted by molar-refractivity contribution is -0.142. The van der Waals surface area contributed by atoms with Gasteiger partial charge in [-0.3, -0.25) is 9.69 Å². The van der Waals surface area contributed by atoms with Gasteiger partial charge in [-0.1, -0.05) is 11.6 Å². The molecule has 0 spiro atoms. The van der Waals surface area contributed by atoms with Crippen LogP contribution in [0.15, 0.2) is 11.4 Å². The normalized spacial score (nSPS) is 23.8. The molecule has 10 heteroatoms. The third kappa shape index (κ3) is 3.49. The van der Waals surface area contributed by atoms with Gasteiger partial charge in [0.15, 0.2) is 0 Å². The maximum absolute atomic E-state index is 12.8. The van der Waals surface area contributed by atoms with E-state index in [9.17, 15) is 13.2 Å².